The summed E-state index contributed by atoms with van der Waals surface area (Å²) in [6, 6.07) is 6.35. The van der Waals surface area contributed by atoms with Gasteiger partial charge >= 0.3 is 0 Å². The fourth-order valence-electron chi connectivity index (χ4n) is 4.16. The molecule has 4 rings (SSSR count). The largest absolute Gasteiger partial charge is 0.338 e. The molecular weight excluding hydrogens is 318 g/mol. The zero-order valence-corrected chi connectivity index (χ0v) is 14.5. The van der Waals surface area contributed by atoms with Crippen molar-refractivity contribution < 1.29 is 9.32 Å². The zero-order chi connectivity index (χ0) is 17.2. The van der Waals surface area contributed by atoms with E-state index in [0.29, 0.717) is 36.0 Å². The molecule has 132 valence electrons. The van der Waals surface area contributed by atoms with Crippen molar-refractivity contribution in [1.82, 2.24) is 24.9 Å². The first-order chi connectivity index (χ1) is 12.2. The third kappa shape index (κ3) is 3.28. The smallest absolute Gasteiger partial charge is 0.241 e. The van der Waals surface area contributed by atoms with Crippen molar-refractivity contribution in [2.45, 2.75) is 51.2 Å². The standard InChI is InChI=1S/C18H23N5O2/c1-13(24)23-11-5-8-16(23)15-7-4-10-22(15)12-17-20-18(21-25-17)14-6-2-3-9-19-14/h2-3,6,9,15-16H,4-5,7-8,10-12H2,1H3/t15-,16-/m0/s1. The fourth-order valence-corrected chi connectivity index (χ4v) is 4.16. The van der Waals surface area contributed by atoms with E-state index in [0.717, 1.165) is 38.8 Å². The molecule has 1 amide bonds. The summed E-state index contributed by atoms with van der Waals surface area (Å²) in [6.07, 6.45) is 6.17. The van der Waals surface area contributed by atoms with E-state index in [2.05, 4.69) is 20.0 Å². The van der Waals surface area contributed by atoms with Crippen LogP contribution in [0.3, 0.4) is 0 Å². The average molecular weight is 341 g/mol. The van der Waals surface area contributed by atoms with Gasteiger partial charge in [0.15, 0.2) is 0 Å². The summed E-state index contributed by atoms with van der Waals surface area (Å²) in [5.74, 6) is 1.32. The highest BCUT2D eigenvalue weighted by Crippen LogP contribution is 2.31. The van der Waals surface area contributed by atoms with Gasteiger partial charge in [0.25, 0.3) is 0 Å². The van der Waals surface area contributed by atoms with E-state index >= 15 is 0 Å². The Bertz CT molecular complexity index is 732. The van der Waals surface area contributed by atoms with Crippen molar-refractivity contribution in [3.05, 3.63) is 30.3 Å². The van der Waals surface area contributed by atoms with Gasteiger partial charge in [-0.2, -0.15) is 4.98 Å². The van der Waals surface area contributed by atoms with Crippen molar-refractivity contribution in [2.75, 3.05) is 13.1 Å². The van der Waals surface area contributed by atoms with Crippen LogP contribution < -0.4 is 0 Å². The minimum atomic E-state index is 0.185. The third-order valence-electron chi connectivity index (χ3n) is 5.26. The van der Waals surface area contributed by atoms with Crippen LogP contribution in [0.15, 0.2) is 28.9 Å². The molecule has 25 heavy (non-hydrogen) atoms. The van der Waals surface area contributed by atoms with Gasteiger partial charge < -0.3 is 9.42 Å². The summed E-state index contributed by atoms with van der Waals surface area (Å²) in [7, 11) is 0. The van der Waals surface area contributed by atoms with E-state index in [9.17, 15) is 4.79 Å². The number of carbonyl (C=O) groups excluding carboxylic acids is 1. The molecule has 7 heteroatoms. The van der Waals surface area contributed by atoms with Gasteiger partial charge in [0.05, 0.1) is 6.54 Å². The molecule has 4 heterocycles. The molecule has 2 aliphatic rings. The normalized spacial score (nSPS) is 24.1. The van der Waals surface area contributed by atoms with E-state index < -0.39 is 0 Å². The highest BCUT2D eigenvalue weighted by molar-refractivity contribution is 5.74. The van der Waals surface area contributed by atoms with Crippen LogP contribution in [0.2, 0.25) is 0 Å². The molecule has 2 saturated heterocycles. The van der Waals surface area contributed by atoms with Crippen LogP contribution in [0.25, 0.3) is 11.5 Å². The topological polar surface area (TPSA) is 75.4 Å². The van der Waals surface area contributed by atoms with E-state index in [4.69, 9.17) is 4.52 Å². The minimum absolute atomic E-state index is 0.185. The van der Waals surface area contributed by atoms with Crippen molar-refractivity contribution in [3.8, 4) is 11.5 Å². The molecule has 2 fully saturated rings. The second-order valence-electron chi connectivity index (χ2n) is 6.83. The fraction of sp³-hybridized carbons (Fsp3) is 0.556. The van der Waals surface area contributed by atoms with Gasteiger partial charge in [0.1, 0.15) is 5.69 Å². The van der Waals surface area contributed by atoms with E-state index in [-0.39, 0.29) is 5.91 Å². The van der Waals surface area contributed by atoms with Gasteiger partial charge in [-0.25, -0.2) is 0 Å². The van der Waals surface area contributed by atoms with Gasteiger partial charge in [-0.1, -0.05) is 11.2 Å². The lowest BCUT2D eigenvalue weighted by Crippen LogP contribution is -2.47. The Balaban J connectivity index is 1.47. The molecule has 0 aliphatic carbocycles. The number of carbonyl (C=O) groups is 1. The van der Waals surface area contributed by atoms with E-state index in [1.807, 2.05) is 23.1 Å². The Kier molecular flexibility index (Phi) is 4.48. The maximum atomic E-state index is 11.9. The first-order valence-corrected chi connectivity index (χ1v) is 8.97. The highest BCUT2D eigenvalue weighted by Gasteiger charge is 2.39. The van der Waals surface area contributed by atoms with E-state index in [1.54, 1.807) is 13.1 Å². The molecule has 0 aromatic carbocycles. The SMILES string of the molecule is CC(=O)N1CCC[C@H]1[C@@H]1CCCN1Cc1nc(-c2ccccn2)no1. The molecule has 0 bridgehead atoms. The zero-order valence-electron chi connectivity index (χ0n) is 14.5. The van der Waals surface area contributed by atoms with Crippen molar-refractivity contribution in [1.29, 1.82) is 0 Å². The summed E-state index contributed by atoms with van der Waals surface area (Å²) in [5.41, 5.74) is 0.717. The summed E-state index contributed by atoms with van der Waals surface area (Å²) in [6.45, 7) is 4.20. The lowest BCUT2D eigenvalue weighted by molar-refractivity contribution is -0.130. The molecule has 2 aromatic heterocycles. The Morgan fingerprint density at radius 2 is 2.08 bits per heavy atom. The predicted octanol–water partition coefficient (Wildman–Crippen LogP) is 2.11. The number of nitrogens with zero attached hydrogens (tertiary/aromatic N) is 5. The second-order valence-corrected chi connectivity index (χ2v) is 6.83. The summed E-state index contributed by atoms with van der Waals surface area (Å²) >= 11 is 0. The molecule has 0 saturated carbocycles. The monoisotopic (exact) mass is 341 g/mol. The number of rotatable bonds is 4. The van der Waals surface area contributed by atoms with Crippen molar-refractivity contribution in [2.24, 2.45) is 0 Å². The van der Waals surface area contributed by atoms with Crippen LogP contribution in [0.5, 0.6) is 0 Å². The van der Waals surface area contributed by atoms with E-state index in [1.165, 1.54) is 0 Å². The molecule has 7 nitrogen and oxygen atoms in total. The highest BCUT2D eigenvalue weighted by atomic mass is 16.5. The number of pyridine rings is 1. The first kappa shape index (κ1) is 16.2. The van der Waals surface area contributed by atoms with Crippen LogP contribution in [0.1, 0.15) is 38.5 Å². The van der Waals surface area contributed by atoms with Gasteiger partial charge in [0.2, 0.25) is 17.6 Å². The second kappa shape index (κ2) is 6.92. The van der Waals surface area contributed by atoms with Gasteiger partial charge in [0, 0.05) is 31.7 Å². The molecular formula is C18H23N5O2. The summed E-state index contributed by atoms with van der Waals surface area (Å²) in [5, 5.41) is 4.05. The lowest BCUT2D eigenvalue weighted by atomic mass is 10.0. The molecule has 0 radical (unpaired) electrons. The molecule has 0 spiro atoms. The molecule has 0 unspecified atom stereocenters. The molecule has 2 atom stereocenters. The average Bonchev–Trinajstić information content (AvgIpc) is 3.36. The van der Waals surface area contributed by atoms with Gasteiger partial charge in [-0.3, -0.25) is 14.7 Å². The van der Waals surface area contributed by atoms with Crippen LogP contribution in [-0.4, -0.2) is 56.0 Å². The lowest BCUT2D eigenvalue weighted by Gasteiger charge is -2.33. The third-order valence-corrected chi connectivity index (χ3v) is 5.26. The van der Waals surface area contributed by atoms with Crippen LogP contribution >= 0.6 is 0 Å². The van der Waals surface area contributed by atoms with Gasteiger partial charge in [-0.05, 0) is 44.4 Å². The van der Waals surface area contributed by atoms with Crippen molar-refractivity contribution >= 4 is 5.91 Å². The summed E-state index contributed by atoms with van der Waals surface area (Å²) in [4.78, 5) is 25.1. The molecule has 0 N–H and O–H groups in total. The molecule has 2 aliphatic heterocycles. The first-order valence-electron chi connectivity index (χ1n) is 8.97. The van der Waals surface area contributed by atoms with Crippen LogP contribution in [0, 0.1) is 0 Å². The number of aromatic nitrogens is 3. The maximum absolute atomic E-state index is 11.9. The Morgan fingerprint density at radius 3 is 2.88 bits per heavy atom. The minimum Gasteiger partial charge on any atom is -0.338 e. The van der Waals surface area contributed by atoms with Gasteiger partial charge in [-0.15, -0.1) is 0 Å². The number of amides is 1. The quantitative estimate of drug-likeness (QED) is 0.848. The van der Waals surface area contributed by atoms with Crippen molar-refractivity contribution in [3.63, 3.8) is 0 Å². The number of hydrogen-bond donors (Lipinski definition) is 0. The predicted molar refractivity (Wildman–Crippen MR) is 91.4 cm³/mol. The number of hydrogen-bond acceptors (Lipinski definition) is 6. The summed E-state index contributed by atoms with van der Waals surface area (Å²) < 4.78 is 5.44. The van der Waals surface area contributed by atoms with Crippen LogP contribution in [-0.2, 0) is 11.3 Å². The number of likely N-dealkylation sites (tertiary alicyclic amines) is 2. The molecule has 2 aromatic rings. The Labute approximate surface area is 147 Å². The maximum Gasteiger partial charge on any atom is 0.241 e. The Hall–Kier alpha value is -2.28. The Morgan fingerprint density at radius 1 is 1.24 bits per heavy atom. The van der Waals surface area contributed by atoms with Crippen LogP contribution in [0.4, 0.5) is 0 Å².